The monoisotopic (exact) mass is 552 g/mol. The van der Waals surface area contributed by atoms with Gasteiger partial charge in [0.15, 0.2) is 11.6 Å². The average molecular weight is 553 g/mol. The van der Waals surface area contributed by atoms with Crippen LogP contribution in [0.5, 0.6) is 5.75 Å². The van der Waals surface area contributed by atoms with E-state index in [0.29, 0.717) is 47.0 Å². The predicted octanol–water partition coefficient (Wildman–Crippen LogP) is 4.01. The molecule has 1 atom stereocenters. The molecule has 10 nitrogen and oxygen atoms in total. The summed E-state index contributed by atoms with van der Waals surface area (Å²) in [5.74, 6) is 0.384. The summed E-state index contributed by atoms with van der Waals surface area (Å²) < 4.78 is 34.7. The van der Waals surface area contributed by atoms with Gasteiger partial charge in [0.25, 0.3) is 15.9 Å². The molecule has 4 N–H and O–H groups in total. The Kier molecular flexibility index (Phi) is 7.06. The third-order valence-electron chi connectivity index (χ3n) is 6.13. The SMILES string of the molecule is COc1ccc(Cl)c(Nc2nc3ccccc3nc2NS(=O)(=O)c2cccc(C(=O)N3CCC(N)C3)c2)c1. The molecule has 0 saturated carbocycles. The third kappa shape index (κ3) is 5.35. The highest BCUT2D eigenvalue weighted by molar-refractivity contribution is 7.92. The van der Waals surface area contributed by atoms with Gasteiger partial charge in [-0.2, -0.15) is 0 Å². The highest BCUT2D eigenvalue weighted by Gasteiger charge is 2.26. The fourth-order valence-electron chi connectivity index (χ4n) is 4.15. The number of halogens is 1. The molecule has 0 radical (unpaired) electrons. The van der Waals surface area contributed by atoms with Gasteiger partial charge in [-0.1, -0.05) is 29.8 Å². The first-order valence-electron chi connectivity index (χ1n) is 11.8. The molecule has 1 saturated heterocycles. The largest absolute Gasteiger partial charge is 0.497 e. The average Bonchev–Trinajstić information content (AvgIpc) is 3.36. The lowest BCUT2D eigenvalue weighted by atomic mass is 10.2. The summed E-state index contributed by atoms with van der Waals surface area (Å²) in [7, 11) is -2.63. The van der Waals surface area contributed by atoms with Crippen LogP contribution < -0.4 is 20.5 Å². The molecule has 2 heterocycles. The maximum atomic E-state index is 13.5. The lowest BCUT2D eigenvalue weighted by molar-refractivity contribution is 0.0790. The van der Waals surface area contributed by atoms with Crippen molar-refractivity contribution in [2.45, 2.75) is 17.4 Å². The number of hydrogen-bond donors (Lipinski definition) is 3. The van der Waals surface area contributed by atoms with Crippen molar-refractivity contribution in [1.29, 1.82) is 0 Å². The molecule has 0 spiro atoms. The molecule has 196 valence electrons. The van der Waals surface area contributed by atoms with Gasteiger partial charge in [-0.05, 0) is 48.9 Å². The molecule has 0 bridgehead atoms. The summed E-state index contributed by atoms with van der Waals surface area (Å²) >= 11 is 6.36. The van der Waals surface area contributed by atoms with Gasteiger partial charge in [0, 0.05) is 30.8 Å². The van der Waals surface area contributed by atoms with Crippen molar-refractivity contribution >= 4 is 55.9 Å². The quantitative estimate of drug-likeness (QED) is 0.312. The molecular weight excluding hydrogens is 528 g/mol. The van der Waals surface area contributed by atoms with Gasteiger partial charge in [0.1, 0.15) is 5.75 Å². The Hall–Kier alpha value is -3.93. The molecular formula is C26H25ClN6O4S. The number of rotatable bonds is 7. The first-order chi connectivity index (χ1) is 18.2. The van der Waals surface area contributed by atoms with Crippen molar-refractivity contribution in [1.82, 2.24) is 14.9 Å². The fourth-order valence-corrected chi connectivity index (χ4v) is 5.37. The van der Waals surface area contributed by atoms with Crippen LogP contribution in [-0.4, -0.2) is 55.4 Å². The molecule has 1 aromatic heterocycles. The molecule has 38 heavy (non-hydrogen) atoms. The molecule has 1 fully saturated rings. The van der Waals surface area contributed by atoms with Gasteiger partial charge in [-0.3, -0.25) is 9.52 Å². The number of fused-ring (bicyclic) bond motifs is 1. The van der Waals surface area contributed by atoms with Crippen LogP contribution in [0.1, 0.15) is 16.8 Å². The predicted molar refractivity (Wildman–Crippen MR) is 147 cm³/mol. The lowest BCUT2D eigenvalue weighted by Crippen LogP contribution is -2.32. The second kappa shape index (κ2) is 10.4. The second-order valence-corrected chi connectivity index (χ2v) is 10.9. The third-order valence-corrected chi connectivity index (χ3v) is 7.80. The lowest BCUT2D eigenvalue weighted by Gasteiger charge is -2.17. The van der Waals surface area contributed by atoms with Crippen molar-refractivity contribution < 1.29 is 17.9 Å². The number of benzene rings is 3. The van der Waals surface area contributed by atoms with E-state index in [0.717, 1.165) is 0 Å². The van der Waals surface area contributed by atoms with E-state index in [4.69, 9.17) is 22.1 Å². The summed E-state index contributed by atoms with van der Waals surface area (Å²) in [5.41, 5.74) is 7.67. The number of ether oxygens (including phenoxy) is 1. The Labute approximate surface area is 224 Å². The zero-order chi connectivity index (χ0) is 26.9. The van der Waals surface area contributed by atoms with Gasteiger partial charge < -0.3 is 20.7 Å². The summed E-state index contributed by atoms with van der Waals surface area (Å²) in [4.78, 5) is 23.5. The van der Waals surface area contributed by atoms with Gasteiger partial charge >= 0.3 is 0 Å². The minimum Gasteiger partial charge on any atom is -0.497 e. The number of nitrogens with zero attached hydrogens (tertiary/aromatic N) is 3. The Morgan fingerprint density at radius 1 is 1.05 bits per heavy atom. The first kappa shape index (κ1) is 25.7. The molecule has 4 aromatic rings. The van der Waals surface area contributed by atoms with E-state index in [2.05, 4.69) is 20.0 Å². The Morgan fingerprint density at radius 3 is 2.47 bits per heavy atom. The number of aromatic nitrogens is 2. The normalized spacial score (nSPS) is 15.4. The summed E-state index contributed by atoms with van der Waals surface area (Å²) in [5, 5.41) is 3.44. The van der Waals surface area contributed by atoms with Crippen LogP contribution in [0.3, 0.4) is 0 Å². The topological polar surface area (TPSA) is 140 Å². The van der Waals surface area contributed by atoms with Crippen LogP contribution >= 0.6 is 11.6 Å². The highest BCUT2D eigenvalue weighted by atomic mass is 35.5. The minimum atomic E-state index is -4.16. The van der Waals surface area contributed by atoms with Gasteiger partial charge in [0.05, 0.1) is 33.7 Å². The van der Waals surface area contributed by atoms with Crippen LogP contribution in [0.15, 0.2) is 71.6 Å². The van der Waals surface area contributed by atoms with Crippen molar-refractivity contribution in [3.8, 4) is 5.75 Å². The van der Waals surface area contributed by atoms with Crippen molar-refractivity contribution in [2.75, 3.05) is 30.2 Å². The highest BCUT2D eigenvalue weighted by Crippen LogP contribution is 2.33. The minimum absolute atomic E-state index is 0.0372. The number of hydrogen-bond acceptors (Lipinski definition) is 8. The van der Waals surface area contributed by atoms with Crippen molar-refractivity contribution in [3.63, 3.8) is 0 Å². The molecule has 1 amide bonds. The van der Waals surface area contributed by atoms with Crippen LogP contribution in [0, 0.1) is 0 Å². The number of amides is 1. The van der Waals surface area contributed by atoms with Gasteiger partial charge in [-0.15, -0.1) is 0 Å². The number of anilines is 3. The number of sulfonamides is 1. The number of para-hydroxylation sites is 2. The Bertz CT molecular complexity index is 1630. The van der Waals surface area contributed by atoms with E-state index in [-0.39, 0.29) is 34.0 Å². The summed E-state index contributed by atoms with van der Waals surface area (Å²) in [6, 6.07) is 17.9. The molecule has 12 heteroatoms. The van der Waals surface area contributed by atoms with E-state index in [1.54, 1.807) is 53.4 Å². The molecule has 3 aromatic carbocycles. The molecule has 1 aliphatic rings. The van der Waals surface area contributed by atoms with E-state index >= 15 is 0 Å². The number of methoxy groups -OCH3 is 1. The van der Waals surface area contributed by atoms with Crippen molar-refractivity contribution in [2.24, 2.45) is 5.73 Å². The summed E-state index contributed by atoms with van der Waals surface area (Å²) in [6.07, 6.45) is 0.707. The maximum Gasteiger partial charge on any atom is 0.263 e. The smallest absolute Gasteiger partial charge is 0.263 e. The first-order valence-corrected chi connectivity index (χ1v) is 13.6. The van der Waals surface area contributed by atoms with Crippen LogP contribution in [-0.2, 0) is 10.0 Å². The van der Waals surface area contributed by atoms with Crippen LogP contribution in [0.4, 0.5) is 17.3 Å². The fraction of sp³-hybridized carbons (Fsp3) is 0.192. The molecule has 1 unspecified atom stereocenters. The Balaban J connectivity index is 1.50. The molecule has 5 rings (SSSR count). The van der Waals surface area contributed by atoms with E-state index in [1.165, 1.54) is 25.3 Å². The van der Waals surface area contributed by atoms with Crippen LogP contribution in [0.25, 0.3) is 11.0 Å². The van der Waals surface area contributed by atoms with Gasteiger partial charge in [-0.25, -0.2) is 18.4 Å². The number of carbonyl (C=O) groups is 1. The zero-order valence-electron chi connectivity index (χ0n) is 20.4. The molecule has 1 aliphatic heterocycles. The number of carbonyl (C=O) groups excluding carboxylic acids is 1. The zero-order valence-corrected chi connectivity index (χ0v) is 22.0. The van der Waals surface area contributed by atoms with Crippen molar-refractivity contribution in [3.05, 3.63) is 77.3 Å². The van der Waals surface area contributed by atoms with E-state index in [1.807, 2.05) is 0 Å². The second-order valence-electron chi connectivity index (χ2n) is 8.81. The van der Waals surface area contributed by atoms with Gasteiger partial charge in [0.2, 0.25) is 0 Å². The maximum absolute atomic E-state index is 13.5. The standard InChI is InChI=1S/C26H25ClN6O4S/c1-37-18-9-10-20(27)23(14-18)31-24-25(30-22-8-3-2-7-21(22)29-24)32-38(35,36)19-6-4-5-16(13-19)26(34)33-12-11-17(28)15-33/h2-10,13-14,17H,11-12,15,28H2,1H3,(H,29,31)(H,30,32). The Morgan fingerprint density at radius 2 is 1.79 bits per heavy atom. The number of nitrogens with two attached hydrogens (primary N) is 1. The summed E-state index contributed by atoms with van der Waals surface area (Å²) in [6.45, 7) is 0.965. The van der Waals surface area contributed by atoms with E-state index in [9.17, 15) is 13.2 Å². The molecule has 0 aliphatic carbocycles. The van der Waals surface area contributed by atoms with Crippen LogP contribution in [0.2, 0.25) is 5.02 Å². The number of likely N-dealkylation sites (tertiary alicyclic amines) is 1. The van der Waals surface area contributed by atoms with E-state index < -0.39 is 10.0 Å². The number of nitrogens with one attached hydrogen (secondary N) is 2.